The highest BCUT2D eigenvalue weighted by molar-refractivity contribution is 8.00. The summed E-state index contributed by atoms with van der Waals surface area (Å²) in [4.78, 5) is 23.9. The van der Waals surface area contributed by atoms with Crippen molar-refractivity contribution < 1.29 is 14.0 Å². The second-order valence-corrected chi connectivity index (χ2v) is 7.95. The summed E-state index contributed by atoms with van der Waals surface area (Å²) in [5.74, 6) is 5.31. The van der Waals surface area contributed by atoms with E-state index in [1.54, 1.807) is 33.8 Å². The van der Waals surface area contributed by atoms with Crippen molar-refractivity contribution in [2.75, 3.05) is 5.84 Å². The SMILES string of the molecule is C[C@H](Sc1nnc(-c2cccc(F)c2)n1N)C(=O)NC(=O)NC(C)(C)C. The molecule has 0 spiro atoms. The van der Waals surface area contributed by atoms with Crippen LogP contribution in [-0.2, 0) is 4.79 Å². The average molecular weight is 380 g/mol. The van der Waals surface area contributed by atoms with Crippen molar-refractivity contribution in [1.29, 1.82) is 0 Å². The Morgan fingerprint density at radius 2 is 2.00 bits per heavy atom. The first-order chi connectivity index (χ1) is 12.1. The van der Waals surface area contributed by atoms with Gasteiger partial charge in [-0.3, -0.25) is 10.1 Å². The molecule has 10 heteroatoms. The number of benzene rings is 1. The molecule has 1 atom stereocenters. The molecule has 0 saturated carbocycles. The van der Waals surface area contributed by atoms with Gasteiger partial charge in [0.2, 0.25) is 11.1 Å². The number of amides is 3. The second kappa shape index (κ2) is 7.73. The van der Waals surface area contributed by atoms with Gasteiger partial charge in [-0.2, -0.15) is 0 Å². The summed E-state index contributed by atoms with van der Waals surface area (Å²) in [6.07, 6.45) is 0. The van der Waals surface area contributed by atoms with Crippen LogP contribution in [0.3, 0.4) is 0 Å². The molecule has 0 unspecified atom stereocenters. The fourth-order valence-electron chi connectivity index (χ4n) is 1.98. The first kappa shape index (κ1) is 19.7. The number of nitrogens with two attached hydrogens (primary N) is 1. The van der Waals surface area contributed by atoms with Gasteiger partial charge in [-0.25, -0.2) is 13.9 Å². The van der Waals surface area contributed by atoms with Gasteiger partial charge in [-0.1, -0.05) is 23.9 Å². The van der Waals surface area contributed by atoms with E-state index in [4.69, 9.17) is 5.84 Å². The molecule has 140 valence electrons. The smallest absolute Gasteiger partial charge is 0.321 e. The molecule has 0 fully saturated rings. The van der Waals surface area contributed by atoms with Gasteiger partial charge in [0.05, 0.1) is 5.25 Å². The third kappa shape index (κ3) is 5.19. The average Bonchev–Trinajstić information content (AvgIpc) is 2.86. The molecule has 2 rings (SSSR count). The lowest BCUT2D eigenvalue weighted by Crippen LogP contribution is -2.49. The molecular formula is C16H21FN6O2S. The van der Waals surface area contributed by atoms with Crippen LogP contribution in [0, 0.1) is 5.82 Å². The maximum Gasteiger partial charge on any atom is 0.321 e. The van der Waals surface area contributed by atoms with Crippen LogP contribution in [0.15, 0.2) is 29.4 Å². The topological polar surface area (TPSA) is 115 Å². The summed E-state index contributed by atoms with van der Waals surface area (Å²) >= 11 is 1.04. The predicted octanol–water partition coefficient (Wildman–Crippen LogP) is 1.90. The Morgan fingerprint density at radius 1 is 1.31 bits per heavy atom. The van der Waals surface area contributed by atoms with Crippen LogP contribution in [0.1, 0.15) is 27.7 Å². The van der Waals surface area contributed by atoms with Gasteiger partial charge in [-0.15, -0.1) is 10.2 Å². The summed E-state index contributed by atoms with van der Waals surface area (Å²) < 4.78 is 14.5. The van der Waals surface area contributed by atoms with Crippen molar-refractivity contribution in [3.05, 3.63) is 30.1 Å². The van der Waals surface area contributed by atoms with Crippen LogP contribution in [0.2, 0.25) is 0 Å². The van der Waals surface area contributed by atoms with Crippen molar-refractivity contribution in [2.24, 2.45) is 0 Å². The molecule has 1 aromatic carbocycles. The molecular weight excluding hydrogens is 359 g/mol. The molecule has 1 heterocycles. The summed E-state index contributed by atoms with van der Waals surface area (Å²) in [6.45, 7) is 7.03. The predicted molar refractivity (Wildman–Crippen MR) is 97.3 cm³/mol. The van der Waals surface area contributed by atoms with Gasteiger partial charge in [0.1, 0.15) is 5.82 Å². The zero-order valence-corrected chi connectivity index (χ0v) is 15.7. The van der Waals surface area contributed by atoms with Crippen molar-refractivity contribution in [3.8, 4) is 11.4 Å². The molecule has 0 bridgehead atoms. The van der Waals surface area contributed by atoms with Gasteiger partial charge in [-0.05, 0) is 39.8 Å². The van der Waals surface area contributed by atoms with E-state index < -0.39 is 28.5 Å². The van der Waals surface area contributed by atoms with E-state index in [0.717, 1.165) is 11.8 Å². The van der Waals surface area contributed by atoms with Crippen LogP contribution in [0.4, 0.5) is 9.18 Å². The van der Waals surface area contributed by atoms with Gasteiger partial charge in [0, 0.05) is 11.1 Å². The lowest BCUT2D eigenvalue weighted by atomic mass is 10.1. The van der Waals surface area contributed by atoms with Crippen LogP contribution in [0.5, 0.6) is 0 Å². The normalized spacial score (nSPS) is 12.5. The monoisotopic (exact) mass is 380 g/mol. The van der Waals surface area contributed by atoms with Crippen molar-refractivity contribution in [2.45, 2.75) is 43.6 Å². The number of aromatic nitrogens is 3. The maximum absolute atomic E-state index is 13.4. The number of carbonyl (C=O) groups excluding carboxylic acids is 2. The standard InChI is InChI=1S/C16H21FN6O2S/c1-9(13(24)19-14(25)20-16(2,3)4)26-15-22-21-12(23(15)18)10-6-5-7-11(17)8-10/h5-9H,18H2,1-4H3,(H2,19,20,24,25)/t9-/m0/s1. The maximum atomic E-state index is 13.4. The number of nitrogens with zero attached hydrogens (tertiary/aromatic N) is 3. The van der Waals surface area contributed by atoms with Crippen molar-refractivity contribution in [3.63, 3.8) is 0 Å². The number of nitrogen functional groups attached to an aromatic ring is 1. The van der Waals surface area contributed by atoms with Crippen molar-refractivity contribution in [1.82, 2.24) is 25.5 Å². The van der Waals surface area contributed by atoms with Gasteiger partial charge >= 0.3 is 6.03 Å². The minimum absolute atomic E-state index is 0.267. The zero-order chi connectivity index (χ0) is 19.5. The molecule has 3 amide bonds. The number of rotatable bonds is 4. The van der Waals surface area contributed by atoms with E-state index in [2.05, 4.69) is 20.8 Å². The van der Waals surface area contributed by atoms with Crippen LogP contribution < -0.4 is 16.5 Å². The van der Waals surface area contributed by atoms with Gasteiger partial charge in [0.25, 0.3) is 0 Å². The quantitative estimate of drug-likeness (QED) is 0.551. The molecule has 0 aliphatic rings. The number of imide groups is 1. The molecule has 26 heavy (non-hydrogen) atoms. The molecule has 0 aliphatic carbocycles. The van der Waals surface area contributed by atoms with E-state index in [1.165, 1.54) is 22.9 Å². The summed E-state index contributed by atoms with van der Waals surface area (Å²) in [5, 5.41) is 12.4. The van der Waals surface area contributed by atoms with Crippen LogP contribution in [-0.4, -0.2) is 37.6 Å². The van der Waals surface area contributed by atoms with Gasteiger partial charge < -0.3 is 11.2 Å². The zero-order valence-electron chi connectivity index (χ0n) is 14.9. The van der Waals surface area contributed by atoms with E-state index in [1.807, 2.05) is 0 Å². The van der Waals surface area contributed by atoms with E-state index in [9.17, 15) is 14.0 Å². The number of thioether (sulfide) groups is 1. The van der Waals surface area contributed by atoms with Crippen LogP contribution in [0.25, 0.3) is 11.4 Å². The minimum Gasteiger partial charge on any atom is -0.335 e. The lowest BCUT2D eigenvalue weighted by molar-refractivity contribution is -0.119. The number of halogens is 1. The Labute approximate surface area is 154 Å². The highest BCUT2D eigenvalue weighted by atomic mass is 32.2. The molecule has 1 aromatic heterocycles. The fourth-order valence-corrected chi connectivity index (χ4v) is 2.75. The minimum atomic E-state index is -0.646. The third-order valence-corrected chi connectivity index (χ3v) is 4.18. The Kier molecular flexibility index (Phi) is 5.86. The summed E-state index contributed by atoms with van der Waals surface area (Å²) in [7, 11) is 0. The number of urea groups is 1. The molecule has 0 aliphatic heterocycles. The summed E-state index contributed by atoms with van der Waals surface area (Å²) in [5.41, 5.74) is 0.00593. The molecule has 8 nitrogen and oxygen atoms in total. The first-order valence-electron chi connectivity index (χ1n) is 7.83. The number of hydrogen-bond donors (Lipinski definition) is 3. The molecule has 4 N–H and O–H groups in total. The summed E-state index contributed by atoms with van der Waals surface area (Å²) in [6, 6.07) is 5.21. The number of nitrogens with one attached hydrogen (secondary N) is 2. The second-order valence-electron chi connectivity index (χ2n) is 6.64. The first-order valence-corrected chi connectivity index (χ1v) is 8.71. The highest BCUT2D eigenvalue weighted by Gasteiger charge is 2.23. The molecule has 2 aromatic rings. The Balaban J connectivity index is 2.04. The highest BCUT2D eigenvalue weighted by Crippen LogP contribution is 2.25. The Morgan fingerprint density at radius 3 is 2.62 bits per heavy atom. The third-order valence-electron chi connectivity index (χ3n) is 3.12. The Bertz CT molecular complexity index is 817. The molecule has 0 saturated heterocycles. The van der Waals surface area contributed by atoms with Crippen LogP contribution >= 0.6 is 11.8 Å². The van der Waals surface area contributed by atoms with E-state index >= 15 is 0 Å². The number of hydrogen-bond acceptors (Lipinski definition) is 6. The molecule has 0 radical (unpaired) electrons. The van der Waals surface area contributed by atoms with Gasteiger partial charge in [0.15, 0.2) is 5.82 Å². The Hall–Kier alpha value is -2.62. The largest absolute Gasteiger partial charge is 0.335 e. The number of carbonyl (C=O) groups is 2. The van der Waals surface area contributed by atoms with E-state index in [-0.39, 0.29) is 11.0 Å². The fraction of sp³-hybridized carbons (Fsp3) is 0.375. The lowest BCUT2D eigenvalue weighted by Gasteiger charge is -2.21. The van der Waals surface area contributed by atoms with Crippen molar-refractivity contribution >= 4 is 23.7 Å². The van der Waals surface area contributed by atoms with E-state index in [0.29, 0.717) is 5.56 Å².